The smallest absolute Gasteiger partial charge is 0.263 e. The molecule has 0 spiro atoms. The van der Waals surface area contributed by atoms with Crippen LogP contribution >= 0.6 is 11.3 Å². The molecule has 0 unspecified atom stereocenters. The van der Waals surface area contributed by atoms with Gasteiger partial charge in [-0.1, -0.05) is 63.2 Å². The first-order chi connectivity index (χ1) is 9.65. The molecule has 0 aliphatic heterocycles. The van der Waals surface area contributed by atoms with Crippen LogP contribution in [0.3, 0.4) is 0 Å². The van der Waals surface area contributed by atoms with E-state index in [0.29, 0.717) is 10.0 Å². The van der Waals surface area contributed by atoms with Gasteiger partial charge in [0.2, 0.25) is 0 Å². The van der Waals surface area contributed by atoms with Gasteiger partial charge in [-0.15, -0.1) is 0 Å². The van der Waals surface area contributed by atoms with Crippen LogP contribution in [0.15, 0.2) is 0 Å². The molecule has 1 amide bonds. The topological polar surface area (TPSA) is 68.0 Å². The fraction of sp³-hybridized carbons (Fsp3) is 0.733. The van der Waals surface area contributed by atoms with Gasteiger partial charge in [0.1, 0.15) is 4.88 Å². The van der Waals surface area contributed by atoms with Crippen molar-refractivity contribution in [3.8, 4) is 0 Å². The van der Waals surface area contributed by atoms with Crippen molar-refractivity contribution in [2.75, 3.05) is 12.3 Å². The molecule has 0 bridgehead atoms. The zero-order chi connectivity index (χ0) is 14.8. The minimum Gasteiger partial charge on any atom is -0.375 e. The third kappa shape index (κ3) is 6.37. The van der Waals surface area contributed by atoms with Crippen LogP contribution in [0.5, 0.6) is 0 Å². The highest BCUT2D eigenvalue weighted by Gasteiger charge is 2.13. The van der Waals surface area contributed by atoms with E-state index in [2.05, 4.69) is 17.2 Å². The zero-order valence-corrected chi connectivity index (χ0v) is 13.5. The van der Waals surface area contributed by atoms with Gasteiger partial charge in [-0.05, 0) is 13.3 Å². The summed E-state index contributed by atoms with van der Waals surface area (Å²) in [5.74, 6) is -0.0420. The number of anilines is 1. The first kappa shape index (κ1) is 17.0. The molecule has 114 valence electrons. The summed E-state index contributed by atoms with van der Waals surface area (Å²) in [6, 6.07) is 0. The van der Waals surface area contributed by atoms with E-state index < -0.39 is 0 Å². The van der Waals surface area contributed by atoms with Gasteiger partial charge >= 0.3 is 0 Å². The molecular formula is C15H27N3OS. The molecule has 0 atom stereocenters. The quantitative estimate of drug-likeness (QED) is 0.643. The van der Waals surface area contributed by atoms with Crippen LogP contribution in [0, 0.1) is 6.92 Å². The fourth-order valence-electron chi connectivity index (χ4n) is 2.17. The molecule has 1 rings (SSSR count). The van der Waals surface area contributed by atoms with E-state index in [1.165, 1.54) is 56.3 Å². The number of nitrogen functional groups attached to an aromatic ring is 1. The van der Waals surface area contributed by atoms with Gasteiger partial charge in [-0.25, -0.2) is 4.98 Å². The predicted molar refractivity (Wildman–Crippen MR) is 86.2 cm³/mol. The molecule has 3 N–H and O–H groups in total. The number of aryl methyl sites for hydroxylation is 1. The van der Waals surface area contributed by atoms with Gasteiger partial charge < -0.3 is 11.1 Å². The Kier molecular flexibility index (Phi) is 8.26. The number of unbranched alkanes of at least 4 members (excludes halogenated alkanes) is 7. The van der Waals surface area contributed by atoms with Crippen molar-refractivity contribution >= 4 is 22.4 Å². The largest absolute Gasteiger partial charge is 0.375 e. The summed E-state index contributed by atoms with van der Waals surface area (Å²) in [6.45, 7) is 4.80. The maximum Gasteiger partial charge on any atom is 0.263 e. The van der Waals surface area contributed by atoms with Gasteiger partial charge in [0.25, 0.3) is 5.91 Å². The van der Waals surface area contributed by atoms with Crippen molar-refractivity contribution in [3.05, 3.63) is 10.6 Å². The number of aromatic nitrogens is 1. The number of nitrogens with zero attached hydrogens (tertiary/aromatic N) is 1. The first-order valence-electron chi connectivity index (χ1n) is 7.66. The van der Waals surface area contributed by atoms with E-state index in [-0.39, 0.29) is 5.91 Å². The van der Waals surface area contributed by atoms with Crippen molar-refractivity contribution < 1.29 is 4.79 Å². The number of amides is 1. The van der Waals surface area contributed by atoms with E-state index in [9.17, 15) is 4.79 Å². The van der Waals surface area contributed by atoms with Gasteiger partial charge in [-0.3, -0.25) is 4.79 Å². The van der Waals surface area contributed by atoms with Crippen molar-refractivity contribution in [2.45, 2.75) is 65.2 Å². The number of hydrogen-bond donors (Lipinski definition) is 2. The second-order valence-electron chi connectivity index (χ2n) is 5.20. The zero-order valence-electron chi connectivity index (χ0n) is 12.7. The van der Waals surface area contributed by atoms with E-state index >= 15 is 0 Å². The summed E-state index contributed by atoms with van der Waals surface area (Å²) in [4.78, 5) is 16.6. The predicted octanol–water partition coefficient (Wildman–Crippen LogP) is 3.90. The molecule has 1 heterocycles. The number of thiazole rings is 1. The van der Waals surface area contributed by atoms with Crippen molar-refractivity contribution in [1.29, 1.82) is 0 Å². The average Bonchev–Trinajstić information content (AvgIpc) is 2.75. The number of nitrogens with two attached hydrogens (primary N) is 1. The lowest BCUT2D eigenvalue weighted by atomic mass is 10.1. The Morgan fingerprint density at radius 3 is 2.30 bits per heavy atom. The molecule has 1 aromatic heterocycles. The Labute approximate surface area is 126 Å². The van der Waals surface area contributed by atoms with Crippen LogP contribution in [0.25, 0.3) is 0 Å². The number of carbonyl (C=O) groups is 1. The van der Waals surface area contributed by atoms with E-state index in [1.807, 2.05) is 6.92 Å². The van der Waals surface area contributed by atoms with E-state index in [4.69, 9.17) is 5.73 Å². The summed E-state index contributed by atoms with van der Waals surface area (Å²) in [5.41, 5.74) is 6.31. The van der Waals surface area contributed by atoms with Gasteiger partial charge in [0.15, 0.2) is 5.13 Å². The molecule has 0 fully saturated rings. The third-order valence-electron chi connectivity index (χ3n) is 3.34. The highest BCUT2D eigenvalue weighted by Crippen LogP contribution is 2.19. The van der Waals surface area contributed by atoms with Crippen LogP contribution < -0.4 is 11.1 Å². The highest BCUT2D eigenvalue weighted by molar-refractivity contribution is 7.17. The van der Waals surface area contributed by atoms with Gasteiger partial charge in [0, 0.05) is 6.54 Å². The maximum absolute atomic E-state index is 11.9. The Balaban J connectivity index is 2.04. The number of nitrogens with one attached hydrogen (secondary N) is 1. The lowest BCUT2D eigenvalue weighted by Gasteiger charge is -2.04. The molecule has 20 heavy (non-hydrogen) atoms. The van der Waals surface area contributed by atoms with Gasteiger partial charge in [0.05, 0.1) is 5.69 Å². The van der Waals surface area contributed by atoms with Crippen LogP contribution in [0.2, 0.25) is 0 Å². The Hall–Kier alpha value is -1.10. The maximum atomic E-state index is 11.9. The molecule has 0 radical (unpaired) electrons. The molecule has 0 aliphatic rings. The summed E-state index contributed by atoms with van der Waals surface area (Å²) >= 11 is 1.26. The van der Waals surface area contributed by atoms with Crippen LogP contribution in [0.1, 0.15) is 73.7 Å². The Bertz CT molecular complexity index is 404. The van der Waals surface area contributed by atoms with Gasteiger partial charge in [-0.2, -0.15) is 0 Å². The van der Waals surface area contributed by atoms with Crippen LogP contribution in [-0.2, 0) is 0 Å². The first-order valence-corrected chi connectivity index (χ1v) is 8.48. The summed E-state index contributed by atoms with van der Waals surface area (Å²) in [5, 5.41) is 3.40. The second-order valence-corrected chi connectivity index (χ2v) is 6.23. The molecular weight excluding hydrogens is 270 g/mol. The third-order valence-corrected chi connectivity index (χ3v) is 4.32. The Morgan fingerprint density at radius 2 is 1.75 bits per heavy atom. The summed E-state index contributed by atoms with van der Waals surface area (Å²) < 4.78 is 0. The SMILES string of the molecule is CCCCCCCCCCNC(=O)c1sc(N)nc1C. The highest BCUT2D eigenvalue weighted by atomic mass is 32.1. The molecule has 1 aromatic rings. The fourth-order valence-corrected chi connectivity index (χ4v) is 2.92. The van der Waals surface area contributed by atoms with Crippen molar-refractivity contribution in [2.24, 2.45) is 0 Å². The normalized spacial score (nSPS) is 10.7. The summed E-state index contributed by atoms with van der Waals surface area (Å²) in [6.07, 6.45) is 10.2. The average molecular weight is 297 g/mol. The minimum absolute atomic E-state index is 0.0420. The van der Waals surface area contributed by atoms with Crippen molar-refractivity contribution in [1.82, 2.24) is 10.3 Å². The second kappa shape index (κ2) is 9.75. The molecule has 5 heteroatoms. The summed E-state index contributed by atoms with van der Waals surface area (Å²) in [7, 11) is 0. The lowest BCUT2D eigenvalue weighted by molar-refractivity contribution is 0.0956. The lowest BCUT2D eigenvalue weighted by Crippen LogP contribution is -2.24. The number of carbonyl (C=O) groups excluding carboxylic acids is 1. The van der Waals surface area contributed by atoms with E-state index in [0.717, 1.165) is 18.7 Å². The number of hydrogen-bond acceptors (Lipinski definition) is 4. The van der Waals surface area contributed by atoms with Crippen LogP contribution in [-0.4, -0.2) is 17.4 Å². The standard InChI is InChI=1S/C15H27N3OS/c1-3-4-5-6-7-8-9-10-11-17-14(19)13-12(2)18-15(16)20-13/h3-11H2,1-2H3,(H2,16,18)(H,17,19). The molecule has 0 saturated carbocycles. The Morgan fingerprint density at radius 1 is 1.15 bits per heavy atom. The monoisotopic (exact) mass is 297 g/mol. The number of rotatable bonds is 10. The molecule has 0 aliphatic carbocycles. The molecule has 0 saturated heterocycles. The van der Waals surface area contributed by atoms with E-state index in [1.54, 1.807) is 0 Å². The molecule has 4 nitrogen and oxygen atoms in total. The van der Waals surface area contributed by atoms with Crippen LogP contribution in [0.4, 0.5) is 5.13 Å². The molecule has 0 aromatic carbocycles. The van der Waals surface area contributed by atoms with Crippen molar-refractivity contribution in [3.63, 3.8) is 0 Å². The minimum atomic E-state index is -0.0420.